The Morgan fingerprint density at radius 2 is 2.25 bits per heavy atom. The standard InChI is InChI=1S/C13H17NO2/c1-11(4-5-13-3-2-7-16-13)14-9-12-6-8-15-10-12/h2-3,6-8,10-11,14H,4-5,9H2,1H3. The van der Waals surface area contributed by atoms with Gasteiger partial charge in [-0.3, -0.25) is 0 Å². The van der Waals surface area contributed by atoms with Crippen molar-refractivity contribution in [2.24, 2.45) is 0 Å². The minimum atomic E-state index is 0.472. The van der Waals surface area contributed by atoms with E-state index in [1.807, 2.05) is 18.2 Å². The molecule has 86 valence electrons. The zero-order chi connectivity index (χ0) is 11.2. The van der Waals surface area contributed by atoms with E-state index >= 15 is 0 Å². The Morgan fingerprint density at radius 3 is 2.94 bits per heavy atom. The van der Waals surface area contributed by atoms with Crippen LogP contribution in [0.2, 0.25) is 0 Å². The van der Waals surface area contributed by atoms with Gasteiger partial charge in [0, 0.05) is 24.6 Å². The molecule has 2 aromatic heterocycles. The van der Waals surface area contributed by atoms with Crippen LogP contribution in [0.1, 0.15) is 24.7 Å². The molecule has 1 atom stereocenters. The first kappa shape index (κ1) is 11.0. The van der Waals surface area contributed by atoms with E-state index in [-0.39, 0.29) is 0 Å². The van der Waals surface area contributed by atoms with Crippen molar-refractivity contribution in [3.63, 3.8) is 0 Å². The average Bonchev–Trinajstić information content (AvgIpc) is 2.96. The van der Waals surface area contributed by atoms with Crippen LogP contribution in [0.25, 0.3) is 0 Å². The molecule has 16 heavy (non-hydrogen) atoms. The molecule has 0 aliphatic heterocycles. The molecule has 2 rings (SSSR count). The van der Waals surface area contributed by atoms with E-state index in [1.54, 1.807) is 18.8 Å². The maximum absolute atomic E-state index is 5.29. The van der Waals surface area contributed by atoms with Crippen LogP contribution in [0.15, 0.2) is 45.8 Å². The Kier molecular flexibility index (Phi) is 3.83. The third-order valence-corrected chi connectivity index (χ3v) is 2.64. The van der Waals surface area contributed by atoms with E-state index < -0.39 is 0 Å². The van der Waals surface area contributed by atoms with Gasteiger partial charge in [-0.15, -0.1) is 0 Å². The van der Waals surface area contributed by atoms with Gasteiger partial charge in [-0.25, -0.2) is 0 Å². The summed E-state index contributed by atoms with van der Waals surface area (Å²) in [4.78, 5) is 0. The summed E-state index contributed by atoms with van der Waals surface area (Å²) in [6, 6.07) is 6.40. The predicted octanol–water partition coefficient (Wildman–Crippen LogP) is 2.98. The molecule has 3 heteroatoms. The Balaban J connectivity index is 1.66. The summed E-state index contributed by atoms with van der Waals surface area (Å²) in [5.74, 6) is 1.05. The molecular weight excluding hydrogens is 202 g/mol. The van der Waals surface area contributed by atoms with Crippen LogP contribution in [-0.2, 0) is 13.0 Å². The number of furan rings is 2. The van der Waals surface area contributed by atoms with Gasteiger partial charge >= 0.3 is 0 Å². The zero-order valence-corrected chi connectivity index (χ0v) is 9.48. The van der Waals surface area contributed by atoms with Crippen molar-refractivity contribution in [2.75, 3.05) is 0 Å². The lowest BCUT2D eigenvalue weighted by Crippen LogP contribution is -2.25. The number of nitrogens with one attached hydrogen (secondary N) is 1. The molecule has 0 aliphatic carbocycles. The largest absolute Gasteiger partial charge is 0.472 e. The summed E-state index contributed by atoms with van der Waals surface area (Å²) in [5.41, 5.74) is 1.19. The maximum atomic E-state index is 5.29. The molecule has 2 heterocycles. The normalized spacial score (nSPS) is 12.8. The molecule has 2 aromatic rings. The molecule has 0 fully saturated rings. The van der Waals surface area contributed by atoms with Crippen molar-refractivity contribution < 1.29 is 8.83 Å². The van der Waals surface area contributed by atoms with Crippen LogP contribution in [0.3, 0.4) is 0 Å². The van der Waals surface area contributed by atoms with E-state index in [4.69, 9.17) is 8.83 Å². The second-order valence-corrected chi connectivity index (χ2v) is 4.03. The molecule has 0 saturated heterocycles. The average molecular weight is 219 g/mol. The number of hydrogen-bond acceptors (Lipinski definition) is 3. The monoisotopic (exact) mass is 219 g/mol. The molecule has 0 bridgehead atoms. The first-order valence-electron chi connectivity index (χ1n) is 5.61. The van der Waals surface area contributed by atoms with Gasteiger partial charge < -0.3 is 14.2 Å². The number of aryl methyl sites for hydroxylation is 1. The van der Waals surface area contributed by atoms with Gasteiger partial charge in [-0.1, -0.05) is 0 Å². The highest BCUT2D eigenvalue weighted by molar-refractivity contribution is 5.04. The Hall–Kier alpha value is -1.48. The summed E-state index contributed by atoms with van der Waals surface area (Å²) in [7, 11) is 0. The zero-order valence-electron chi connectivity index (χ0n) is 9.48. The highest BCUT2D eigenvalue weighted by Gasteiger charge is 2.04. The van der Waals surface area contributed by atoms with Gasteiger partial charge in [0.25, 0.3) is 0 Å². The lowest BCUT2D eigenvalue weighted by molar-refractivity contribution is 0.459. The first-order chi connectivity index (χ1) is 7.84. The van der Waals surface area contributed by atoms with Crippen LogP contribution in [0, 0.1) is 0 Å². The maximum Gasteiger partial charge on any atom is 0.103 e. The second-order valence-electron chi connectivity index (χ2n) is 4.03. The van der Waals surface area contributed by atoms with E-state index in [0.717, 1.165) is 25.1 Å². The van der Waals surface area contributed by atoms with Crippen molar-refractivity contribution in [3.05, 3.63) is 48.3 Å². The van der Waals surface area contributed by atoms with E-state index in [2.05, 4.69) is 12.2 Å². The fraction of sp³-hybridized carbons (Fsp3) is 0.385. The molecule has 3 nitrogen and oxygen atoms in total. The number of hydrogen-bond donors (Lipinski definition) is 1. The van der Waals surface area contributed by atoms with Crippen molar-refractivity contribution in [3.8, 4) is 0 Å². The Bertz CT molecular complexity index is 340. The minimum absolute atomic E-state index is 0.472. The molecule has 1 N–H and O–H groups in total. The van der Waals surface area contributed by atoms with Gasteiger partial charge in [0.1, 0.15) is 5.76 Å². The molecule has 0 amide bonds. The van der Waals surface area contributed by atoms with Gasteiger partial charge in [-0.05, 0) is 31.5 Å². The van der Waals surface area contributed by atoms with Crippen molar-refractivity contribution in [1.29, 1.82) is 0 Å². The quantitative estimate of drug-likeness (QED) is 0.811. The van der Waals surface area contributed by atoms with Crippen LogP contribution >= 0.6 is 0 Å². The third kappa shape index (κ3) is 3.28. The van der Waals surface area contributed by atoms with Crippen molar-refractivity contribution >= 4 is 0 Å². The predicted molar refractivity (Wildman–Crippen MR) is 62.0 cm³/mol. The molecule has 0 aromatic carbocycles. The lowest BCUT2D eigenvalue weighted by Gasteiger charge is -2.11. The van der Waals surface area contributed by atoms with Gasteiger partial charge in [0.05, 0.1) is 18.8 Å². The van der Waals surface area contributed by atoms with Crippen LogP contribution in [0.4, 0.5) is 0 Å². The summed E-state index contributed by atoms with van der Waals surface area (Å²) < 4.78 is 10.3. The highest BCUT2D eigenvalue weighted by Crippen LogP contribution is 2.06. The fourth-order valence-electron chi connectivity index (χ4n) is 1.60. The summed E-state index contributed by atoms with van der Waals surface area (Å²) >= 11 is 0. The SMILES string of the molecule is CC(CCc1ccco1)NCc1ccoc1. The molecular formula is C13H17NO2. The highest BCUT2D eigenvalue weighted by atomic mass is 16.3. The minimum Gasteiger partial charge on any atom is -0.472 e. The molecule has 0 radical (unpaired) electrons. The van der Waals surface area contributed by atoms with Gasteiger partial charge in [0.2, 0.25) is 0 Å². The third-order valence-electron chi connectivity index (χ3n) is 2.64. The summed E-state index contributed by atoms with van der Waals surface area (Å²) in [6.45, 7) is 3.04. The molecule has 1 unspecified atom stereocenters. The van der Waals surface area contributed by atoms with E-state index in [9.17, 15) is 0 Å². The van der Waals surface area contributed by atoms with Gasteiger partial charge in [-0.2, -0.15) is 0 Å². The van der Waals surface area contributed by atoms with Gasteiger partial charge in [0.15, 0.2) is 0 Å². The topological polar surface area (TPSA) is 38.3 Å². The van der Waals surface area contributed by atoms with Crippen LogP contribution in [0.5, 0.6) is 0 Å². The summed E-state index contributed by atoms with van der Waals surface area (Å²) in [5, 5.41) is 3.45. The Morgan fingerprint density at radius 1 is 1.31 bits per heavy atom. The van der Waals surface area contributed by atoms with E-state index in [0.29, 0.717) is 6.04 Å². The number of rotatable bonds is 6. The summed E-state index contributed by atoms with van der Waals surface area (Å²) in [6.07, 6.45) is 7.24. The van der Waals surface area contributed by atoms with E-state index in [1.165, 1.54) is 5.56 Å². The lowest BCUT2D eigenvalue weighted by atomic mass is 10.1. The molecule has 0 saturated carbocycles. The smallest absolute Gasteiger partial charge is 0.103 e. The fourth-order valence-corrected chi connectivity index (χ4v) is 1.60. The molecule has 0 spiro atoms. The van der Waals surface area contributed by atoms with Crippen molar-refractivity contribution in [2.45, 2.75) is 32.4 Å². The second kappa shape index (κ2) is 5.56. The molecule has 0 aliphatic rings. The van der Waals surface area contributed by atoms with Crippen molar-refractivity contribution in [1.82, 2.24) is 5.32 Å². The van der Waals surface area contributed by atoms with Crippen LogP contribution in [-0.4, -0.2) is 6.04 Å². The Labute approximate surface area is 95.5 Å². The van der Waals surface area contributed by atoms with Crippen LogP contribution < -0.4 is 5.32 Å². The first-order valence-corrected chi connectivity index (χ1v) is 5.61.